The van der Waals surface area contributed by atoms with Crippen LogP contribution < -0.4 is 14.2 Å². The number of ether oxygens (including phenoxy) is 2. The van der Waals surface area contributed by atoms with Crippen molar-refractivity contribution < 1.29 is 17.9 Å². The first-order valence-corrected chi connectivity index (χ1v) is 8.03. The van der Waals surface area contributed by atoms with Crippen LogP contribution >= 0.6 is 0 Å². The lowest BCUT2D eigenvalue weighted by atomic mass is 10.2. The molecule has 0 unspecified atom stereocenters. The Morgan fingerprint density at radius 2 is 1.68 bits per heavy atom. The Balaban J connectivity index is 2.83. The van der Waals surface area contributed by atoms with Crippen LogP contribution in [0.1, 0.15) is 26.3 Å². The molecule has 0 atom stereocenters. The summed E-state index contributed by atoms with van der Waals surface area (Å²) in [4.78, 5) is 0. The van der Waals surface area contributed by atoms with Crippen LogP contribution in [0.2, 0.25) is 0 Å². The SMILES string of the molecule is CCOc1ccc(CNS(=O)(=O)CC)cc1OCC. The molecule has 0 aliphatic carbocycles. The van der Waals surface area contributed by atoms with Gasteiger partial charge in [0.05, 0.1) is 19.0 Å². The van der Waals surface area contributed by atoms with E-state index in [0.717, 1.165) is 5.56 Å². The first-order valence-electron chi connectivity index (χ1n) is 6.38. The molecule has 0 aromatic heterocycles. The minimum absolute atomic E-state index is 0.0718. The second-order valence-electron chi connectivity index (χ2n) is 3.87. The molecule has 0 heterocycles. The van der Waals surface area contributed by atoms with E-state index in [0.29, 0.717) is 24.7 Å². The van der Waals surface area contributed by atoms with E-state index in [-0.39, 0.29) is 12.3 Å². The average molecular weight is 287 g/mol. The van der Waals surface area contributed by atoms with Crippen molar-refractivity contribution in [3.05, 3.63) is 23.8 Å². The molecule has 0 amide bonds. The summed E-state index contributed by atoms with van der Waals surface area (Å²) < 4.78 is 36.2. The molecule has 1 aromatic rings. The average Bonchev–Trinajstić information content (AvgIpc) is 2.40. The van der Waals surface area contributed by atoms with Gasteiger partial charge < -0.3 is 9.47 Å². The highest BCUT2D eigenvalue weighted by Gasteiger charge is 2.09. The van der Waals surface area contributed by atoms with Crippen molar-refractivity contribution in [1.29, 1.82) is 0 Å². The van der Waals surface area contributed by atoms with E-state index in [1.54, 1.807) is 19.1 Å². The van der Waals surface area contributed by atoms with E-state index in [4.69, 9.17) is 9.47 Å². The van der Waals surface area contributed by atoms with Crippen molar-refractivity contribution >= 4 is 10.0 Å². The highest BCUT2D eigenvalue weighted by molar-refractivity contribution is 7.89. The van der Waals surface area contributed by atoms with Crippen LogP contribution in [0.15, 0.2) is 18.2 Å². The molecular formula is C13H21NO4S. The smallest absolute Gasteiger partial charge is 0.211 e. The van der Waals surface area contributed by atoms with Crippen molar-refractivity contribution in [3.8, 4) is 11.5 Å². The van der Waals surface area contributed by atoms with Crippen LogP contribution in [-0.4, -0.2) is 27.4 Å². The fourth-order valence-corrected chi connectivity index (χ4v) is 2.09. The molecule has 1 aromatic carbocycles. The van der Waals surface area contributed by atoms with Crippen LogP contribution in [-0.2, 0) is 16.6 Å². The van der Waals surface area contributed by atoms with Crippen molar-refractivity contribution in [3.63, 3.8) is 0 Å². The molecule has 108 valence electrons. The molecule has 5 nitrogen and oxygen atoms in total. The van der Waals surface area contributed by atoms with E-state index < -0.39 is 10.0 Å². The van der Waals surface area contributed by atoms with Gasteiger partial charge in [0.2, 0.25) is 10.0 Å². The molecule has 0 saturated carbocycles. The summed E-state index contributed by atoms with van der Waals surface area (Å²) in [6.45, 7) is 6.74. The Morgan fingerprint density at radius 3 is 2.26 bits per heavy atom. The van der Waals surface area contributed by atoms with Crippen LogP contribution in [0.5, 0.6) is 11.5 Å². The zero-order chi connectivity index (χ0) is 14.3. The minimum atomic E-state index is -3.19. The Labute approximate surface area is 115 Å². The van der Waals surface area contributed by atoms with Gasteiger partial charge >= 0.3 is 0 Å². The van der Waals surface area contributed by atoms with Gasteiger partial charge in [-0.15, -0.1) is 0 Å². The van der Waals surface area contributed by atoms with Crippen molar-refractivity contribution in [2.75, 3.05) is 19.0 Å². The van der Waals surface area contributed by atoms with Gasteiger partial charge in [0, 0.05) is 6.54 Å². The molecule has 0 aliphatic rings. The normalized spacial score (nSPS) is 11.3. The third kappa shape index (κ3) is 5.08. The predicted molar refractivity (Wildman–Crippen MR) is 75.1 cm³/mol. The number of nitrogens with one attached hydrogen (secondary N) is 1. The predicted octanol–water partition coefficient (Wildman–Crippen LogP) is 1.92. The summed E-state index contributed by atoms with van der Waals surface area (Å²) in [6, 6.07) is 5.42. The van der Waals surface area contributed by atoms with Gasteiger partial charge in [-0.1, -0.05) is 6.07 Å². The van der Waals surface area contributed by atoms with E-state index in [9.17, 15) is 8.42 Å². The third-order valence-electron chi connectivity index (χ3n) is 2.48. The quantitative estimate of drug-likeness (QED) is 0.793. The summed E-state index contributed by atoms with van der Waals surface area (Å²) in [5.74, 6) is 1.38. The summed E-state index contributed by atoms with van der Waals surface area (Å²) in [6.07, 6.45) is 0. The molecule has 0 radical (unpaired) electrons. The molecule has 0 spiro atoms. The lowest BCUT2D eigenvalue weighted by molar-refractivity contribution is 0.287. The van der Waals surface area contributed by atoms with Crippen LogP contribution in [0.25, 0.3) is 0 Å². The van der Waals surface area contributed by atoms with Gasteiger partial charge in [0.25, 0.3) is 0 Å². The lowest BCUT2D eigenvalue weighted by Gasteiger charge is -2.12. The minimum Gasteiger partial charge on any atom is -0.490 e. The summed E-state index contributed by atoms with van der Waals surface area (Å²) >= 11 is 0. The largest absolute Gasteiger partial charge is 0.490 e. The summed E-state index contributed by atoms with van der Waals surface area (Å²) in [7, 11) is -3.19. The third-order valence-corrected chi connectivity index (χ3v) is 3.83. The van der Waals surface area contributed by atoms with Crippen molar-refractivity contribution in [2.45, 2.75) is 27.3 Å². The van der Waals surface area contributed by atoms with Crippen molar-refractivity contribution in [2.24, 2.45) is 0 Å². The lowest BCUT2D eigenvalue weighted by Crippen LogP contribution is -2.24. The molecular weight excluding hydrogens is 266 g/mol. The molecule has 6 heteroatoms. The highest BCUT2D eigenvalue weighted by Crippen LogP contribution is 2.28. The maximum Gasteiger partial charge on any atom is 0.211 e. The standard InChI is InChI=1S/C13H21NO4S/c1-4-17-12-8-7-11(9-13(12)18-5-2)10-14-19(15,16)6-3/h7-9,14H,4-6,10H2,1-3H3. The van der Waals surface area contributed by atoms with E-state index in [2.05, 4.69) is 4.72 Å². The van der Waals surface area contributed by atoms with Gasteiger partial charge in [0.1, 0.15) is 0 Å². The zero-order valence-corrected chi connectivity index (χ0v) is 12.4. The Morgan fingerprint density at radius 1 is 1.05 bits per heavy atom. The number of hydrogen-bond acceptors (Lipinski definition) is 4. The maximum absolute atomic E-state index is 11.4. The van der Waals surface area contributed by atoms with Gasteiger partial charge in [-0.3, -0.25) is 0 Å². The summed E-state index contributed by atoms with van der Waals surface area (Å²) in [5.41, 5.74) is 0.837. The van der Waals surface area contributed by atoms with Gasteiger partial charge in [-0.25, -0.2) is 13.1 Å². The number of benzene rings is 1. The van der Waals surface area contributed by atoms with E-state index in [1.165, 1.54) is 0 Å². The van der Waals surface area contributed by atoms with E-state index in [1.807, 2.05) is 19.9 Å². The Kier molecular flexibility index (Phi) is 6.11. The summed E-state index contributed by atoms with van der Waals surface area (Å²) in [5, 5.41) is 0. The Bertz CT molecular complexity index is 499. The second kappa shape index (κ2) is 7.35. The molecule has 0 saturated heterocycles. The Hall–Kier alpha value is -1.27. The highest BCUT2D eigenvalue weighted by atomic mass is 32.2. The number of sulfonamides is 1. The van der Waals surface area contributed by atoms with Crippen molar-refractivity contribution in [1.82, 2.24) is 4.72 Å². The zero-order valence-electron chi connectivity index (χ0n) is 11.6. The molecule has 19 heavy (non-hydrogen) atoms. The van der Waals surface area contributed by atoms with Gasteiger partial charge in [0.15, 0.2) is 11.5 Å². The molecule has 0 fully saturated rings. The van der Waals surface area contributed by atoms with Crippen LogP contribution in [0.4, 0.5) is 0 Å². The molecule has 1 N–H and O–H groups in total. The molecule has 0 aliphatic heterocycles. The second-order valence-corrected chi connectivity index (χ2v) is 5.97. The molecule has 0 bridgehead atoms. The first kappa shape index (κ1) is 15.8. The fourth-order valence-electron chi connectivity index (χ4n) is 1.50. The van der Waals surface area contributed by atoms with Gasteiger partial charge in [-0.05, 0) is 38.5 Å². The van der Waals surface area contributed by atoms with Crippen LogP contribution in [0.3, 0.4) is 0 Å². The van der Waals surface area contributed by atoms with Gasteiger partial charge in [-0.2, -0.15) is 0 Å². The topological polar surface area (TPSA) is 64.6 Å². The first-order chi connectivity index (χ1) is 9.02. The maximum atomic E-state index is 11.4. The van der Waals surface area contributed by atoms with E-state index >= 15 is 0 Å². The molecule has 1 rings (SSSR count). The number of hydrogen-bond donors (Lipinski definition) is 1. The monoisotopic (exact) mass is 287 g/mol. The van der Waals surface area contributed by atoms with Crippen LogP contribution in [0, 0.1) is 0 Å². The fraction of sp³-hybridized carbons (Fsp3) is 0.538. The number of rotatable bonds is 8.